The molecule has 2 N–H and O–H groups in total. The lowest BCUT2D eigenvalue weighted by Gasteiger charge is -2.06. The van der Waals surface area contributed by atoms with Crippen LogP contribution in [0.4, 0.5) is 0 Å². The highest BCUT2D eigenvalue weighted by Gasteiger charge is 2.08. The number of allylic oxidation sites excluding steroid dienone is 1. The number of ketones is 1. The molecule has 4 nitrogen and oxygen atoms in total. The first-order valence-corrected chi connectivity index (χ1v) is 8.13. The number of phenols is 2. The van der Waals surface area contributed by atoms with Crippen molar-refractivity contribution in [1.82, 2.24) is 0 Å². The van der Waals surface area contributed by atoms with Gasteiger partial charge in [0.15, 0.2) is 5.78 Å². The summed E-state index contributed by atoms with van der Waals surface area (Å²) < 4.78 is 5.72. The third-order valence-corrected chi connectivity index (χ3v) is 3.80. The van der Waals surface area contributed by atoms with E-state index in [2.05, 4.69) is 0 Å². The van der Waals surface area contributed by atoms with Gasteiger partial charge in [0.25, 0.3) is 0 Å². The Balaban J connectivity index is 1.61. The van der Waals surface area contributed by atoms with E-state index in [0.717, 1.165) is 22.9 Å². The molecule has 0 bridgehead atoms. The second-order valence-electron chi connectivity index (χ2n) is 5.74. The Hall–Kier alpha value is -3.53. The van der Waals surface area contributed by atoms with Gasteiger partial charge in [0, 0.05) is 6.07 Å². The number of carbonyl (C=O) groups excluding carboxylic acids is 1. The van der Waals surface area contributed by atoms with Crippen molar-refractivity contribution in [2.24, 2.45) is 0 Å². The molecule has 130 valence electrons. The van der Waals surface area contributed by atoms with Gasteiger partial charge >= 0.3 is 0 Å². The van der Waals surface area contributed by atoms with E-state index in [1.165, 1.54) is 18.2 Å². The number of rotatable bonds is 6. The molecule has 26 heavy (non-hydrogen) atoms. The summed E-state index contributed by atoms with van der Waals surface area (Å²) in [6, 6.07) is 21.2. The number of phenolic OH excluding ortho intramolecular Hbond substituents is 2. The van der Waals surface area contributed by atoms with Crippen LogP contribution in [0.15, 0.2) is 78.9 Å². The number of hydrogen-bond acceptors (Lipinski definition) is 4. The van der Waals surface area contributed by atoms with Crippen molar-refractivity contribution in [3.05, 3.63) is 95.6 Å². The molecular weight excluding hydrogens is 328 g/mol. The molecule has 0 spiro atoms. The SMILES string of the molecule is O=C(/C=C/c1ccc(OCc2ccccc2)cc1)c1ccc(O)cc1O. The van der Waals surface area contributed by atoms with Crippen molar-refractivity contribution in [3.8, 4) is 17.2 Å². The Kier molecular flexibility index (Phi) is 5.34. The van der Waals surface area contributed by atoms with E-state index in [-0.39, 0.29) is 22.8 Å². The van der Waals surface area contributed by atoms with E-state index in [0.29, 0.717) is 6.61 Å². The fraction of sp³-hybridized carbons (Fsp3) is 0.0455. The molecule has 3 aromatic carbocycles. The Morgan fingerprint density at radius 1 is 0.923 bits per heavy atom. The zero-order valence-electron chi connectivity index (χ0n) is 14.0. The Labute approximate surface area is 151 Å². The molecular formula is C22H18O4. The highest BCUT2D eigenvalue weighted by molar-refractivity contribution is 6.08. The number of carbonyl (C=O) groups is 1. The van der Waals surface area contributed by atoms with Gasteiger partial charge in [0.1, 0.15) is 23.9 Å². The third kappa shape index (κ3) is 4.51. The lowest BCUT2D eigenvalue weighted by Crippen LogP contribution is -1.95. The maximum atomic E-state index is 12.1. The predicted octanol–water partition coefficient (Wildman–Crippen LogP) is 4.57. The molecule has 0 aliphatic rings. The highest BCUT2D eigenvalue weighted by Crippen LogP contribution is 2.23. The summed E-state index contributed by atoms with van der Waals surface area (Å²) in [5.74, 6) is 0.0684. The molecule has 3 rings (SSSR count). The first-order chi connectivity index (χ1) is 12.6. The normalized spacial score (nSPS) is 10.8. The highest BCUT2D eigenvalue weighted by atomic mass is 16.5. The average Bonchev–Trinajstić information content (AvgIpc) is 2.66. The Bertz CT molecular complexity index is 913. The van der Waals surface area contributed by atoms with E-state index < -0.39 is 0 Å². The number of hydrogen-bond donors (Lipinski definition) is 2. The maximum absolute atomic E-state index is 12.1. The van der Waals surface area contributed by atoms with Gasteiger partial charge < -0.3 is 14.9 Å². The summed E-state index contributed by atoms with van der Waals surface area (Å²) >= 11 is 0. The van der Waals surface area contributed by atoms with E-state index in [4.69, 9.17) is 4.74 Å². The van der Waals surface area contributed by atoms with Crippen molar-refractivity contribution >= 4 is 11.9 Å². The van der Waals surface area contributed by atoms with E-state index in [1.54, 1.807) is 6.08 Å². The van der Waals surface area contributed by atoms with Crippen molar-refractivity contribution < 1.29 is 19.7 Å². The van der Waals surface area contributed by atoms with Crippen LogP contribution in [0.5, 0.6) is 17.2 Å². The van der Waals surface area contributed by atoms with Crippen LogP contribution in [0, 0.1) is 0 Å². The molecule has 0 saturated heterocycles. The second kappa shape index (κ2) is 8.03. The fourth-order valence-electron chi connectivity index (χ4n) is 2.41. The van der Waals surface area contributed by atoms with Crippen LogP contribution in [-0.4, -0.2) is 16.0 Å². The molecule has 0 saturated carbocycles. The summed E-state index contributed by atoms with van der Waals surface area (Å²) in [5, 5.41) is 19.0. The van der Waals surface area contributed by atoms with Crippen LogP contribution < -0.4 is 4.74 Å². The van der Waals surface area contributed by atoms with Crippen LogP contribution >= 0.6 is 0 Å². The van der Waals surface area contributed by atoms with Crippen LogP contribution in [0.2, 0.25) is 0 Å². The number of benzene rings is 3. The van der Waals surface area contributed by atoms with Gasteiger partial charge in [-0.2, -0.15) is 0 Å². The van der Waals surface area contributed by atoms with Gasteiger partial charge in [0.05, 0.1) is 5.56 Å². The molecule has 0 aromatic heterocycles. The van der Waals surface area contributed by atoms with Crippen LogP contribution in [0.25, 0.3) is 6.08 Å². The smallest absolute Gasteiger partial charge is 0.189 e. The first kappa shape index (κ1) is 17.3. The van der Waals surface area contributed by atoms with E-state index in [9.17, 15) is 15.0 Å². The summed E-state index contributed by atoms with van der Waals surface area (Å²) in [4.78, 5) is 12.1. The zero-order valence-corrected chi connectivity index (χ0v) is 14.0. The van der Waals surface area contributed by atoms with E-state index >= 15 is 0 Å². The molecule has 0 unspecified atom stereocenters. The van der Waals surface area contributed by atoms with Crippen molar-refractivity contribution in [1.29, 1.82) is 0 Å². The Morgan fingerprint density at radius 3 is 2.35 bits per heavy atom. The third-order valence-electron chi connectivity index (χ3n) is 3.80. The van der Waals surface area contributed by atoms with Crippen LogP contribution in [-0.2, 0) is 6.61 Å². The van der Waals surface area contributed by atoms with Gasteiger partial charge in [-0.1, -0.05) is 48.5 Å². The minimum atomic E-state index is -0.341. The molecule has 0 fully saturated rings. The maximum Gasteiger partial charge on any atom is 0.189 e. The number of aromatic hydroxyl groups is 2. The quantitative estimate of drug-likeness (QED) is 0.507. The Morgan fingerprint density at radius 2 is 1.65 bits per heavy atom. The van der Waals surface area contributed by atoms with Crippen LogP contribution in [0.3, 0.4) is 0 Å². The minimum Gasteiger partial charge on any atom is -0.508 e. The minimum absolute atomic E-state index is 0.0888. The average molecular weight is 346 g/mol. The van der Waals surface area contributed by atoms with Gasteiger partial charge in [-0.3, -0.25) is 4.79 Å². The standard InChI is InChI=1S/C22H18O4/c23-18-9-12-20(22(25)14-18)21(24)13-8-16-6-10-19(11-7-16)26-15-17-4-2-1-3-5-17/h1-14,23,25H,15H2/b13-8+. The molecule has 0 aliphatic heterocycles. The summed E-state index contributed by atoms with van der Waals surface area (Å²) in [6.07, 6.45) is 3.04. The molecule has 0 aliphatic carbocycles. The lowest BCUT2D eigenvalue weighted by molar-refractivity contribution is 0.104. The summed E-state index contributed by atoms with van der Waals surface area (Å²) in [5.41, 5.74) is 2.07. The van der Waals surface area contributed by atoms with E-state index in [1.807, 2.05) is 54.6 Å². The van der Waals surface area contributed by atoms with Crippen molar-refractivity contribution in [2.45, 2.75) is 6.61 Å². The van der Waals surface area contributed by atoms with Crippen LogP contribution in [0.1, 0.15) is 21.5 Å². The van der Waals surface area contributed by atoms with Crippen molar-refractivity contribution in [2.75, 3.05) is 0 Å². The number of ether oxygens (including phenoxy) is 1. The molecule has 0 amide bonds. The molecule has 4 heteroatoms. The monoisotopic (exact) mass is 346 g/mol. The molecule has 3 aromatic rings. The lowest BCUT2D eigenvalue weighted by atomic mass is 10.1. The van der Waals surface area contributed by atoms with Gasteiger partial charge in [-0.05, 0) is 41.5 Å². The molecule has 0 radical (unpaired) electrons. The topological polar surface area (TPSA) is 66.8 Å². The predicted molar refractivity (Wildman–Crippen MR) is 100 cm³/mol. The first-order valence-electron chi connectivity index (χ1n) is 8.13. The fourth-order valence-corrected chi connectivity index (χ4v) is 2.41. The largest absolute Gasteiger partial charge is 0.508 e. The van der Waals surface area contributed by atoms with Gasteiger partial charge in [0.2, 0.25) is 0 Å². The second-order valence-corrected chi connectivity index (χ2v) is 5.74. The molecule has 0 heterocycles. The van der Waals surface area contributed by atoms with Crippen molar-refractivity contribution in [3.63, 3.8) is 0 Å². The summed E-state index contributed by atoms with van der Waals surface area (Å²) in [7, 11) is 0. The van der Waals surface area contributed by atoms with Gasteiger partial charge in [-0.15, -0.1) is 0 Å². The zero-order chi connectivity index (χ0) is 18.4. The summed E-state index contributed by atoms with van der Waals surface area (Å²) in [6.45, 7) is 0.495. The van der Waals surface area contributed by atoms with Gasteiger partial charge in [-0.25, -0.2) is 0 Å². The molecule has 0 atom stereocenters.